The summed E-state index contributed by atoms with van der Waals surface area (Å²) in [6, 6.07) is 27.1. The molecule has 0 bridgehead atoms. The summed E-state index contributed by atoms with van der Waals surface area (Å²) in [5, 5.41) is 0. The van der Waals surface area contributed by atoms with Gasteiger partial charge in [0.15, 0.2) is 0 Å². The van der Waals surface area contributed by atoms with Crippen molar-refractivity contribution in [3.05, 3.63) is 132 Å². The number of rotatable bonds is 5. The predicted octanol–water partition coefficient (Wildman–Crippen LogP) is 7.17. The van der Waals surface area contributed by atoms with Crippen molar-refractivity contribution in [3.8, 4) is 0 Å². The van der Waals surface area contributed by atoms with Crippen LogP contribution in [0.3, 0.4) is 0 Å². The monoisotopic (exact) mass is 430 g/mol. The van der Waals surface area contributed by atoms with Crippen LogP contribution in [-0.2, 0) is 6.42 Å². The van der Waals surface area contributed by atoms with Crippen molar-refractivity contribution < 1.29 is 0 Å². The van der Waals surface area contributed by atoms with Gasteiger partial charge in [0.25, 0.3) is 0 Å². The Morgan fingerprint density at radius 1 is 0.871 bits per heavy atom. The van der Waals surface area contributed by atoms with Crippen molar-refractivity contribution in [2.45, 2.75) is 25.2 Å². The predicted molar refractivity (Wildman–Crippen MR) is 140 cm³/mol. The fourth-order valence-electron chi connectivity index (χ4n) is 2.49. The molecule has 0 spiro atoms. The van der Waals surface area contributed by atoms with Crippen molar-refractivity contribution in [2.24, 2.45) is 5.73 Å². The van der Waals surface area contributed by atoms with Crippen LogP contribution in [0.2, 0.25) is 0 Å². The molecule has 31 heavy (non-hydrogen) atoms. The summed E-state index contributed by atoms with van der Waals surface area (Å²) in [4.78, 5) is 1.15. The van der Waals surface area contributed by atoms with Crippen LogP contribution in [0.25, 0.3) is 0 Å². The molecule has 0 aromatic heterocycles. The maximum Gasteiger partial charge on any atom is 0.0452 e. The van der Waals surface area contributed by atoms with Gasteiger partial charge < -0.3 is 11.5 Å². The lowest BCUT2D eigenvalue weighted by atomic mass is 10.0. The molecule has 0 aliphatic heterocycles. The van der Waals surface area contributed by atoms with E-state index in [0.29, 0.717) is 0 Å². The Kier molecular flexibility index (Phi) is 13.1. The highest BCUT2D eigenvalue weighted by Crippen LogP contribution is 2.20. The normalized spacial score (nSPS) is 10.5. The standard InChI is InChI=1S/C14H14.C7H9NS.C7H11N/c1-12-7-9-14(10-8-12)11-13-5-3-2-4-6-13;1-9-7-5-3-2-4-6(7)8;1-3-4-5-6-7(2)8/h2-10H,11H2,1H3;2-5H,8H2,1H3;3-6H,1,8H2,2H3/b;;5-4-,7-6+. The number of nitrogens with two attached hydrogens (primary N) is 2. The first kappa shape index (κ1) is 25.9. The van der Waals surface area contributed by atoms with Crippen molar-refractivity contribution in [2.75, 3.05) is 12.0 Å². The van der Waals surface area contributed by atoms with E-state index in [4.69, 9.17) is 11.5 Å². The highest BCUT2D eigenvalue weighted by molar-refractivity contribution is 7.98. The number of allylic oxidation sites excluding steroid dienone is 5. The molecule has 3 aromatic rings. The van der Waals surface area contributed by atoms with Crippen molar-refractivity contribution in [1.82, 2.24) is 0 Å². The molecule has 0 saturated carbocycles. The summed E-state index contributed by atoms with van der Waals surface area (Å²) in [5.41, 5.74) is 16.7. The molecule has 0 amide bonds. The molecule has 0 aliphatic rings. The van der Waals surface area contributed by atoms with E-state index in [-0.39, 0.29) is 0 Å². The van der Waals surface area contributed by atoms with Crippen LogP contribution in [0.5, 0.6) is 0 Å². The second kappa shape index (κ2) is 15.6. The lowest BCUT2D eigenvalue weighted by Gasteiger charge is -2.01. The van der Waals surface area contributed by atoms with Crippen molar-refractivity contribution >= 4 is 17.4 Å². The molecule has 0 unspecified atom stereocenters. The zero-order chi connectivity index (χ0) is 22.9. The summed E-state index contributed by atoms with van der Waals surface area (Å²) in [5.74, 6) is 0. The average molecular weight is 431 g/mol. The molecule has 3 aromatic carbocycles. The molecule has 0 atom stereocenters. The Labute approximate surface area is 192 Å². The summed E-state index contributed by atoms with van der Waals surface area (Å²) < 4.78 is 0. The summed E-state index contributed by atoms with van der Waals surface area (Å²) in [6.07, 6.45) is 10.3. The Hall–Kier alpha value is -3.17. The second-order valence-electron chi connectivity index (χ2n) is 6.92. The number of nitrogen functional groups attached to an aromatic ring is 1. The van der Waals surface area contributed by atoms with Crippen LogP contribution in [0.1, 0.15) is 23.6 Å². The van der Waals surface area contributed by atoms with E-state index in [2.05, 4.69) is 68.1 Å². The third-order valence-electron chi connectivity index (χ3n) is 4.12. The molecule has 2 nitrogen and oxygen atoms in total. The molecule has 0 saturated heterocycles. The van der Waals surface area contributed by atoms with Gasteiger partial charge in [-0.1, -0.05) is 97.1 Å². The van der Waals surface area contributed by atoms with Crippen LogP contribution < -0.4 is 11.5 Å². The third-order valence-corrected chi connectivity index (χ3v) is 4.93. The maximum atomic E-state index is 5.61. The SMILES string of the molecule is C=C/C=C\C=C(/C)N.CSc1ccccc1N.Cc1ccc(Cc2ccccc2)cc1. The number of hydrogen-bond donors (Lipinski definition) is 2. The first-order chi connectivity index (χ1) is 15.0. The zero-order valence-corrected chi connectivity index (χ0v) is 19.6. The Morgan fingerprint density at radius 2 is 1.45 bits per heavy atom. The Balaban J connectivity index is 0.000000247. The fraction of sp³-hybridized carbons (Fsp3) is 0.143. The number of hydrogen-bond acceptors (Lipinski definition) is 3. The Bertz CT molecular complexity index is 938. The van der Waals surface area contributed by atoms with E-state index in [1.807, 2.05) is 55.7 Å². The molecule has 4 N–H and O–H groups in total. The van der Waals surface area contributed by atoms with Gasteiger partial charge in [-0.25, -0.2) is 0 Å². The molecule has 3 heteroatoms. The van der Waals surface area contributed by atoms with Gasteiger partial charge in [0.1, 0.15) is 0 Å². The van der Waals surface area contributed by atoms with Crippen LogP contribution in [0.4, 0.5) is 5.69 Å². The molecule has 0 radical (unpaired) electrons. The smallest absolute Gasteiger partial charge is 0.0452 e. The summed E-state index contributed by atoms with van der Waals surface area (Å²) in [7, 11) is 0. The topological polar surface area (TPSA) is 52.0 Å². The summed E-state index contributed by atoms with van der Waals surface area (Å²) >= 11 is 1.67. The summed E-state index contributed by atoms with van der Waals surface area (Å²) in [6.45, 7) is 7.46. The van der Waals surface area contributed by atoms with Gasteiger partial charge in [0.2, 0.25) is 0 Å². The van der Waals surface area contributed by atoms with Gasteiger partial charge in [-0.05, 0) is 55.9 Å². The van der Waals surface area contributed by atoms with E-state index in [1.54, 1.807) is 17.8 Å². The number of benzene rings is 3. The van der Waals surface area contributed by atoms with E-state index in [1.165, 1.54) is 16.7 Å². The second-order valence-corrected chi connectivity index (χ2v) is 7.77. The first-order valence-corrected chi connectivity index (χ1v) is 11.4. The van der Waals surface area contributed by atoms with Gasteiger partial charge >= 0.3 is 0 Å². The quantitative estimate of drug-likeness (QED) is 0.256. The van der Waals surface area contributed by atoms with Gasteiger partial charge in [-0.2, -0.15) is 0 Å². The molecule has 3 rings (SSSR count). The van der Waals surface area contributed by atoms with Crippen molar-refractivity contribution in [3.63, 3.8) is 0 Å². The van der Waals surface area contributed by atoms with E-state index in [9.17, 15) is 0 Å². The van der Waals surface area contributed by atoms with Gasteiger partial charge in [-0.3, -0.25) is 0 Å². The number of aryl methyl sites for hydroxylation is 1. The van der Waals surface area contributed by atoms with Crippen LogP contribution in [0.15, 0.2) is 120 Å². The van der Waals surface area contributed by atoms with Crippen LogP contribution in [0, 0.1) is 6.92 Å². The van der Waals surface area contributed by atoms with Crippen LogP contribution in [-0.4, -0.2) is 6.26 Å². The fourth-order valence-corrected chi connectivity index (χ4v) is 3.01. The number of thioether (sulfide) groups is 1. The average Bonchev–Trinajstić information content (AvgIpc) is 2.77. The maximum absolute atomic E-state index is 5.61. The van der Waals surface area contributed by atoms with Crippen LogP contribution >= 0.6 is 11.8 Å². The molecular weight excluding hydrogens is 396 g/mol. The lowest BCUT2D eigenvalue weighted by molar-refractivity contribution is 1.19. The minimum atomic E-state index is 0.808. The number of anilines is 1. The minimum absolute atomic E-state index is 0.808. The highest BCUT2D eigenvalue weighted by atomic mass is 32.2. The molecule has 0 aliphatic carbocycles. The molecule has 0 fully saturated rings. The van der Waals surface area contributed by atoms with E-state index >= 15 is 0 Å². The van der Waals surface area contributed by atoms with E-state index in [0.717, 1.165) is 22.7 Å². The largest absolute Gasteiger partial charge is 0.402 e. The molecular formula is C28H34N2S. The Morgan fingerprint density at radius 3 is 1.97 bits per heavy atom. The minimum Gasteiger partial charge on any atom is -0.402 e. The van der Waals surface area contributed by atoms with Gasteiger partial charge in [-0.15, -0.1) is 11.8 Å². The van der Waals surface area contributed by atoms with Crippen molar-refractivity contribution in [1.29, 1.82) is 0 Å². The van der Waals surface area contributed by atoms with Gasteiger partial charge in [0, 0.05) is 16.3 Å². The highest BCUT2D eigenvalue weighted by Gasteiger charge is 1.94. The van der Waals surface area contributed by atoms with E-state index < -0.39 is 0 Å². The third kappa shape index (κ3) is 12.2. The first-order valence-electron chi connectivity index (χ1n) is 10.2. The molecule has 0 heterocycles. The molecule has 162 valence electrons. The number of para-hydroxylation sites is 1. The lowest BCUT2D eigenvalue weighted by Crippen LogP contribution is -1.87. The van der Waals surface area contributed by atoms with Gasteiger partial charge in [0.05, 0.1) is 0 Å². The zero-order valence-electron chi connectivity index (χ0n) is 18.8.